The summed E-state index contributed by atoms with van der Waals surface area (Å²) in [6.07, 6.45) is 0.976. The van der Waals surface area contributed by atoms with E-state index in [1.54, 1.807) is 0 Å². The number of fused-ring (bicyclic) bond motifs is 1. The van der Waals surface area contributed by atoms with E-state index < -0.39 is 0 Å². The number of rotatable bonds is 6. The first-order valence-corrected chi connectivity index (χ1v) is 6.92. The molecule has 4 heteroatoms. The third kappa shape index (κ3) is 3.37. The fourth-order valence-electron chi connectivity index (χ4n) is 2.28. The molecule has 0 radical (unpaired) electrons. The van der Waals surface area contributed by atoms with Gasteiger partial charge < -0.3 is 15.0 Å². The van der Waals surface area contributed by atoms with Gasteiger partial charge in [-0.3, -0.25) is 0 Å². The van der Waals surface area contributed by atoms with Crippen LogP contribution in [-0.4, -0.2) is 38.2 Å². The third-order valence-electron chi connectivity index (χ3n) is 3.19. The number of benzene rings is 1. The van der Waals surface area contributed by atoms with E-state index in [9.17, 15) is 0 Å². The van der Waals surface area contributed by atoms with Crippen LogP contribution in [0.3, 0.4) is 0 Å². The van der Waals surface area contributed by atoms with Crippen molar-refractivity contribution in [2.45, 2.75) is 19.9 Å². The first-order chi connectivity index (χ1) is 8.70. The fraction of sp³-hybridized carbons (Fsp3) is 0.571. The van der Waals surface area contributed by atoms with E-state index in [1.807, 2.05) is 12.1 Å². The van der Waals surface area contributed by atoms with Crippen molar-refractivity contribution in [3.8, 4) is 5.75 Å². The second kappa shape index (κ2) is 6.41. The molecule has 18 heavy (non-hydrogen) atoms. The summed E-state index contributed by atoms with van der Waals surface area (Å²) < 4.78 is 5.71. The highest BCUT2D eigenvalue weighted by Gasteiger charge is 2.18. The van der Waals surface area contributed by atoms with Crippen LogP contribution < -0.4 is 10.1 Å². The van der Waals surface area contributed by atoms with E-state index in [0.29, 0.717) is 0 Å². The van der Waals surface area contributed by atoms with Crippen molar-refractivity contribution in [1.29, 1.82) is 0 Å². The molecule has 0 aromatic heterocycles. The van der Waals surface area contributed by atoms with Gasteiger partial charge in [0, 0.05) is 36.6 Å². The van der Waals surface area contributed by atoms with Crippen molar-refractivity contribution in [3.05, 3.63) is 28.3 Å². The van der Waals surface area contributed by atoms with E-state index in [-0.39, 0.29) is 0 Å². The molecule has 0 amide bonds. The molecule has 0 fully saturated rings. The zero-order chi connectivity index (χ0) is 13.0. The molecule has 0 saturated carbocycles. The zero-order valence-corrected chi connectivity index (χ0v) is 11.9. The molecule has 1 aromatic carbocycles. The quantitative estimate of drug-likeness (QED) is 0.802. The molecule has 0 saturated heterocycles. The van der Waals surface area contributed by atoms with Gasteiger partial charge in [-0.15, -0.1) is 0 Å². The van der Waals surface area contributed by atoms with Crippen LogP contribution in [0.2, 0.25) is 5.02 Å². The van der Waals surface area contributed by atoms with E-state index >= 15 is 0 Å². The lowest BCUT2D eigenvalue weighted by molar-refractivity contribution is 0.310. The molecule has 3 nitrogen and oxygen atoms in total. The number of halogens is 1. The van der Waals surface area contributed by atoms with E-state index in [0.717, 1.165) is 50.0 Å². The highest BCUT2D eigenvalue weighted by Crippen LogP contribution is 2.33. The topological polar surface area (TPSA) is 24.5 Å². The van der Waals surface area contributed by atoms with Gasteiger partial charge in [0.2, 0.25) is 0 Å². The molecule has 0 spiro atoms. The first-order valence-electron chi connectivity index (χ1n) is 6.54. The predicted molar refractivity (Wildman–Crippen MR) is 75.5 cm³/mol. The third-order valence-corrected chi connectivity index (χ3v) is 3.40. The van der Waals surface area contributed by atoms with Crippen LogP contribution in [0.5, 0.6) is 5.75 Å². The van der Waals surface area contributed by atoms with Crippen LogP contribution >= 0.6 is 11.6 Å². The molecule has 1 heterocycles. The van der Waals surface area contributed by atoms with Crippen LogP contribution in [0, 0.1) is 0 Å². The summed E-state index contributed by atoms with van der Waals surface area (Å²) in [6, 6.07) is 4.04. The van der Waals surface area contributed by atoms with Crippen molar-refractivity contribution in [2.75, 3.05) is 33.3 Å². The van der Waals surface area contributed by atoms with Crippen molar-refractivity contribution in [1.82, 2.24) is 10.2 Å². The average molecular weight is 269 g/mol. The van der Waals surface area contributed by atoms with Gasteiger partial charge in [0.15, 0.2) is 0 Å². The largest absolute Gasteiger partial charge is 0.493 e. The molecule has 1 aliphatic heterocycles. The Morgan fingerprint density at radius 2 is 2.28 bits per heavy atom. The van der Waals surface area contributed by atoms with Gasteiger partial charge in [-0.05, 0) is 31.3 Å². The molecular formula is C14H21ClN2O. The number of ether oxygens (including phenoxy) is 1. The number of nitrogens with zero attached hydrogens (tertiary/aromatic N) is 1. The molecule has 0 unspecified atom stereocenters. The summed E-state index contributed by atoms with van der Waals surface area (Å²) >= 11 is 6.15. The molecule has 1 aliphatic rings. The minimum atomic E-state index is 0.782. The highest BCUT2D eigenvalue weighted by molar-refractivity contribution is 6.30. The van der Waals surface area contributed by atoms with Crippen molar-refractivity contribution < 1.29 is 4.74 Å². The minimum absolute atomic E-state index is 0.782. The Hall–Kier alpha value is -0.770. The van der Waals surface area contributed by atoms with Crippen molar-refractivity contribution in [2.24, 2.45) is 0 Å². The van der Waals surface area contributed by atoms with Crippen molar-refractivity contribution >= 4 is 11.6 Å². The zero-order valence-electron chi connectivity index (χ0n) is 11.1. The standard InChI is InChI=1S/C14H21ClN2O/c1-3-16-5-6-17(2)10-12-9-13(15)8-11-4-7-18-14(11)12/h8-9,16H,3-7,10H2,1-2H3. The van der Waals surface area contributed by atoms with Crippen LogP contribution in [0.4, 0.5) is 0 Å². The molecule has 100 valence electrons. The Balaban J connectivity index is 2.00. The average Bonchev–Trinajstić information content (AvgIpc) is 2.77. The van der Waals surface area contributed by atoms with Crippen LogP contribution in [-0.2, 0) is 13.0 Å². The summed E-state index contributed by atoms with van der Waals surface area (Å²) in [5.74, 6) is 1.05. The van der Waals surface area contributed by atoms with Crippen LogP contribution in [0.15, 0.2) is 12.1 Å². The Bertz CT molecular complexity index is 409. The molecular weight excluding hydrogens is 248 g/mol. The normalized spacial score (nSPS) is 13.8. The minimum Gasteiger partial charge on any atom is -0.493 e. The number of hydrogen-bond donors (Lipinski definition) is 1. The van der Waals surface area contributed by atoms with Gasteiger partial charge in [-0.2, -0.15) is 0 Å². The fourth-order valence-corrected chi connectivity index (χ4v) is 2.54. The number of likely N-dealkylation sites (N-methyl/N-ethyl adjacent to an activating group) is 2. The molecule has 0 bridgehead atoms. The van der Waals surface area contributed by atoms with Gasteiger partial charge in [0.1, 0.15) is 5.75 Å². The first kappa shape index (κ1) is 13.7. The monoisotopic (exact) mass is 268 g/mol. The van der Waals surface area contributed by atoms with Crippen molar-refractivity contribution in [3.63, 3.8) is 0 Å². The van der Waals surface area contributed by atoms with Gasteiger partial charge in [-0.1, -0.05) is 18.5 Å². The Labute approximate surface area is 114 Å². The summed E-state index contributed by atoms with van der Waals surface area (Å²) in [7, 11) is 2.12. The van der Waals surface area contributed by atoms with E-state index in [4.69, 9.17) is 16.3 Å². The second-order valence-corrected chi connectivity index (χ2v) is 5.18. The maximum atomic E-state index is 6.15. The molecule has 2 rings (SSSR count). The summed E-state index contributed by atoms with van der Waals surface area (Å²) in [5, 5.41) is 4.14. The molecule has 1 N–H and O–H groups in total. The molecule has 0 atom stereocenters. The smallest absolute Gasteiger partial charge is 0.127 e. The molecule has 0 aliphatic carbocycles. The Morgan fingerprint density at radius 1 is 1.44 bits per heavy atom. The predicted octanol–water partition coefficient (Wildman–Crippen LogP) is 2.32. The van der Waals surface area contributed by atoms with Gasteiger partial charge in [0.25, 0.3) is 0 Å². The van der Waals surface area contributed by atoms with Gasteiger partial charge in [0.05, 0.1) is 6.61 Å². The molecule has 1 aromatic rings. The lowest BCUT2D eigenvalue weighted by Crippen LogP contribution is -2.28. The summed E-state index contributed by atoms with van der Waals surface area (Å²) in [4.78, 5) is 2.29. The van der Waals surface area contributed by atoms with E-state index in [1.165, 1.54) is 11.1 Å². The summed E-state index contributed by atoms with van der Waals surface area (Å²) in [5.41, 5.74) is 2.45. The second-order valence-electron chi connectivity index (χ2n) is 4.74. The maximum Gasteiger partial charge on any atom is 0.127 e. The number of hydrogen-bond acceptors (Lipinski definition) is 3. The highest BCUT2D eigenvalue weighted by atomic mass is 35.5. The maximum absolute atomic E-state index is 6.15. The van der Waals surface area contributed by atoms with Gasteiger partial charge in [-0.25, -0.2) is 0 Å². The SMILES string of the molecule is CCNCCN(C)Cc1cc(Cl)cc2c1OCC2. The van der Waals surface area contributed by atoms with Crippen LogP contribution in [0.1, 0.15) is 18.1 Å². The van der Waals surface area contributed by atoms with Gasteiger partial charge >= 0.3 is 0 Å². The van der Waals surface area contributed by atoms with Crippen LogP contribution in [0.25, 0.3) is 0 Å². The lowest BCUT2D eigenvalue weighted by Gasteiger charge is -2.18. The number of nitrogens with one attached hydrogen (secondary N) is 1. The Kier molecular flexibility index (Phi) is 4.87. The summed E-state index contributed by atoms with van der Waals surface area (Å²) in [6.45, 7) is 6.84. The van der Waals surface area contributed by atoms with E-state index in [2.05, 4.69) is 24.2 Å². The Morgan fingerprint density at radius 3 is 3.06 bits per heavy atom. The lowest BCUT2D eigenvalue weighted by atomic mass is 10.1.